The summed E-state index contributed by atoms with van der Waals surface area (Å²) in [4.78, 5) is 31.5. The van der Waals surface area contributed by atoms with Gasteiger partial charge in [0, 0.05) is 53.5 Å². The van der Waals surface area contributed by atoms with E-state index in [1.54, 1.807) is 26.1 Å². The molecule has 10 heteroatoms. The maximum absolute atomic E-state index is 12.0. The van der Waals surface area contributed by atoms with Gasteiger partial charge in [0.1, 0.15) is 6.54 Å². The van der Waals surface area contributed by atoms with E-state index in [9.17, 15) is 9.59 Å². The number of aliphatic imine (C=N–C) groups is 1. The Balaban J connectivity index is 0.00000841. The van der Waals surface area contributed by atoms with Crippen molar-refractivity contribution >= 4 is 41.9 Å². The topological polar surface area (TPSA) is 95.5 Å². The molecular formula is C20H40IN5O4. The lowest BCUT2D eigenvalue weighted by atomic mass is 9.90. The number of rotatable bonds is 9. The summed E-state index contributed by atoms with van der Waals surface area (Å²) >= 11 is 0. The minimum absolute atomic E-state index is 0. The number of guanidine groups is 1. The second-order valence-electron chi connectivity index (χ2n) is 8.32. The third kappa shape index (κ3) is 11.2. The van der Waals surface area contributed by atoms with E-state index in [1.807, 2.05) is 6.92 Å². The molecular weight excluding hydrogens is 501 g/mol. The number of nitrogens with zero attached hydrogens (tertiary/aromatic N) is 3. The molecule has 0 aliphatic carbocycles. The van der Waals surface area contributed by atoms with E-state index >= 15 is 0 Å². The molecule has 1 fully saturated rings. The molecule has 30 heavy (non-hydrogen) atoms. The van der Waals surface area contributed by atoms with Gasteiger partial charge in [-0.05, 0) is 31.6 Å². The Labute approximate surface area is 198 Å². The van der Waals surface area contributed by atoms with Crippen LogP contribution in [0.25, 0.3) is 0 Å². The van der Waals surface area contributed by atoms with Crippen LogP contribution in [0.2, 0.25) is 0 Å². The molecule has 2 N–H and O–H groups in total. The Kier molecular flexibility index (Phi) is 14.0. The highest BCUT2D eigenvalue weighted by Crippen LogP contribution is 2.18. The maximum Gasteiger partial charge on any atom is 0.409 e. The van der Waals surface area contributed by atoms with Crippen LogP contribution in [0.3, 0.4) is 0 Å². The Morgan fingerprint density at radius 2 is 1.87 bits per heavy atom. The second kappa shape index (κ2) is 14.7. The van der Waals surface area contributed by atoms with E-state index in [1.165, 1.54) is 4.90 Å². The highest BCUT2D eigenvalue weighted by Gasteiger charge is 2.25. The highest BCUT2D eigenvalue weighted by molar-refractivity contribution is 14.0. The van der Waals surface area contributed by atoms with Crippen LogP contribution in [0.1, 0.15) is 40.0 Å². The summed E-state index contributed by atoms with van der Waals surface area (Å²) in [5.74, 6) is 0.571. The van der Waals surface area contributed by atoms with Crippen molar-refractivity contribution in [3.05, 3.63) is 0 Å². The summed E-state index contributed by atoms with van der Waals surface area (Å²) in [6, 6.07) is 0.184. The van der Waals surface area contributed by atoms with E-state index in [0.29, 0.717) is 38.8 Å². The smallest absolute Gasteiger partial charge is 0.409 e. The van der Waals surface area contributed by atoms with Gasteiger partial charge in [-0.2, -0.15) is 0 Å². The predicted molar refractivity (Wildman–Crippen MR) is 129 cm³/mol. The van der Waals surface area contributed by atoms with Crippen molar-refractivity contribution < 1.29 is 19.1 Å². The van der Waals surface area contributed by atoms with Crippen molar-refractivity contribution in [3.63, 3.8) is 0 Å². The second-order valence-corrected chi connectivity index (χ2v) is 8.32. The standard InChI is InChI=1S/C20H39N5O4.HI/c1-7-29-19(27)25-11-8-16(9-12-25)23-18(21-14-17(26)24(4)5)22-15-20(2,3)10-13-28-6;/h16H,7-15H2,1-6H3,(H2,21,22,23);1H. The molecule has 1 saturated heterocycles. The highest BCUT2D eigenvalue weighted by atomic mass is 127. The first kappa shape index (κ1) is 28.7. The molecule has 0 saturated carbocycles. The van der Waals surface area contributed by atoms with E-state index in [2.05, 4.69) is 29.5 Å². The predicted octanol–water partition coefficient (Wildman–Crippen LogP) is 1.91. The molecule has 0 unspecified atom stereocenters. The Bertz CT molecular complexity index is 549. The molecule has 2 amide bonds. The summed E-state index contributed by atoms with van der Waals surface area (Å²) in [5.41, 5.74) is 0.0251. The zero-order chi connectivity index (χ0) is 21.9. The number of nitrogens with one attached hydrogen (secondary N) is 2. The fourth-order valence-electron chi connectivity index (χ4n) is 2.84. The van der Waals surface area contributed by atoms with Crippen LogP contribution in [0.4, 0.5) is 4.79 Å². The van der Waals surface area contributed by atoms with Gasteiger partial charge in [-0.3, -0.25) is 4.79 Å². The summed E-state index contributed by atoms with van der Waals surface area (Å²) in [6.45, 7) is 9.29. The number of amides is 2. The van der Waals surface area contributed by atoms with Crippen LogP contribution in [0.5, 0.6) is 0 Å². The minimum Gasteiger partial charge on any atom is -0.450 e. The number of hydrogen-bond donors (Lipinski definition) is 2. The van der Waals surface area contributed by atoms with Gasteiger partial charge < -0.3 is 29.9 Å². The molecule has 0 atom stereocenters. The fraction of sp³-hybridized carbons (Fsp3) is 0.850. The summed E-state index contributed by atoms with van der Waals surface area (Å²) < 4.78 is 10.3. The molecule has 0 spiro atoms. The van der Waals surface area contributed by atoms with Crippen molar-refractivity contribution in [1.82, 2.24) is 20.4 Å². The van der Waals surface area contributed by atoms with Gasteiger partial charge in [0.2, 0.25) is 5.91 Å². The van der Waals surface area contributed by atoms with Crippen molar-refractivity contribution in [2.24, 2.45) is 10.4 Å². The molecule has 176 valence electrons. The van der Waals surface area contributed by atoms with Gasteiger partial charge in [-0.1, -0.05) is 13.8 Å². The lowest BCUT2D eigenvalue weighted by Gasteiger charge is -2.33. The lowest BCUT2D eigenvalue weighted by molar-refractivity contribution is -0.127. The first-order chi connectivity index (χ1) is 13.7. The minimum atomic E-state index is -0.255. The van der Waals surface area contributed by atoms with Crippen molar-refractivity contribution in [1.29, 1.82) is 0 Å². The third-order valence-corrected chi connectivity index (χ3v) is 4.95. The Hall–Kier alpha value is -1.30. The number of likely N-dealkylation sites (tertiary alicyclic amines) is 1. The number of ether oxygens (including phenoxy) is 2. The van der Waals surface area contributed by atoms with Crippen molar-refractivity contribution in [2.45, 2.75) is 46.1 Å². The molecule has 1 heterocycles. The number of carbonyl (C=O) groups is 2. The summed E-state index contributed by atoms with van der Waals surface area (Å²) in [7, 11) is 5.14. The normalized spacial score (nSPS) is 15.3. The fourth-order valence-corrected chi connectivity index (χ4v) is 2.84. The molecule has 0 aromatic carbocycles. The Morgan fingerprint density at radius 1 is 1.23 bits per heavy atom. The van der Waals surface area contributed by atoms with Crippen molar-refractivity contribution in [3.8, 4) is 0 Å². The SMILES string of the molecule is CCOC(=O)N1CCC(NC(=NCC(=O)N(C)C)NCC(C)(C)CCOC)CC1.I. The molecule has 0 aromatic heterocycles. The maximum atomic E-state index is 12.0. The Morgan fingerprint density at radius 3 is 2.40 bits per heavy atom. The number of carbonyl (C=O) groups excluding carboxylic acids is 2. The van der Waals surface area contributed by atoms with Crippen LogP contribution >= 0.6 is 24.0 Å². The largest absolute Gasteiger partial charge is 0.450 e. The molecule has 1 aliphatic heterocycles. The van der Waals surface area contributed by atoms with Crippen LogP contribution in [-0.2, 0) is 14.3 Å². The van der Waals surface area contributed by atoms with Gasteiger partial charge >= 0.3 is 6.09 Å². The summed E-state index contributed by atoms with van der Waals surface area (Å²) in [5, 5.41) is 6.80. The van der Waals surface area contributed by atoms with Crippen LogP contribution < -0.4 is 10.6 Å². The number of methoxy groups -OCH3 is 1. The molecule has 0 radical (unpaired) electrons. The van der Waals surface area contributed by atoms with Gasteiger partial charge in [-0.25, -0.2) is 9.79 Å². The average Bonchev–Trinajstić information content (AvgIpc) is 2.68. The van der Waals surface area contributed by atoms with Crippen LogP contribution in [0.15, 0.2) is 4.99 Å². The van der Waals surface area contributed by atoms with Gasteiger partial charge in [0.05, 0.1) is 6.61 Å². The molecule has 0 bridgehead atoms. The first-order valence-corrected chi connectivity index (χ1v) is 10.3. The third-order valence-electron chi connectivity index (χ3n) is 4.95. The zero-order valence-corrected chi connectivity index (χ0v) is 21.7. The number of likely N-dealkylation sites (N-methyl/N-ethyl adjacent to an activating group) is 1. The molecule has 1 rings (SSSR count). The molecule has 9 nitrogen and oxygen atoms in total. The van der Waals surface area contributed by atoms with Gasteiger partial charge in [-0.15, -0.1) is 24.0 Å². The zero-order valence-electron chi connectivity index (χ0n) is 19.3. The summed E-state index contributed by atoms with van der Waals surface area (Å²) in [6.07, 6.45) is 2.26. The lowest BCUT2D eigenvalue weighted by Crippen LogP contribution is -2.51. The van der Waals surface area contributed by atoms with Gasteiger partial charge in [0.15, 0.2) is 5.96 Å². The number of halogens is 1. The number of hydrogen-bond acceptors (Lipinski definition) is 5. The average molecular weight is 541 g/mol. The van der Waals surface area contributed by atoms with Crippen LogP contribution in [0, 0.1) is 5.41 Å². The van der Waals surface area contributed by atoms with E-state index in [-0.39, 0.29) is 54.0 Å². The van der Waals surface area contributed by atoms with Crippen LogP contribution in [-0.4, -0.2) is 94.4 Å². The van der Waals surface area contributed by atoms with E-state index in [0.717, 1.165) is 19.3 Å². The first-order valence-electron chi connectivity index (χ1n) is 10.3. The quantitative estimate of drug-likeness (QED) is 0.263. The molecule has 0 aromatic rings. The van der Waals surface area contributed by atoms with Gasteiger partial charge in [0.25, 0.3) is 0 Å². The van der Waals surface area contributed by atoms with E-state index < -0.39 is 0 Å². The monoisotopic (exact) mass is 541 g/mol. The van der Waals surface area contributed by atoms with Crippen molar-refractivity contribution in [2.75, 3.05) is 60.6 Å². The molecule has 1 aliphatic rings. The number of piperidine rings is 1. The van der Waals surface area contributed by atoms with E-state index in [4.69, 9.17) is 9.47 Å².